The Morgan fingerprint density at radius 3 is 2.45 bits per heavy atom. The zero-order valence-electron chi connectivity index (χ0n) is 14.3. The number of likely N-dealkylation sites (tertiary alicyclic amines) is 1. The molecule has 1 aliphatic heterocycles. The molecule has 0 spiro atoms. The Morgan fingerprint density at radius 1 is 1.27 bits per heavy atom. The van der Waals surface area contributed by atoms with Gasteiger partial charge >= 0.3 is 0 Å². The van der Waals surface area contributed by atoms with Crippen LogP contribution in [-0.2, 0) is 10.2 Å². The van der Waals surface area contributed by atoms with Gasteiger partial charge in [-0.15, -0.1) is 0 Å². The van der Waals surface area contributed by atoms with Crippen molar-refractivity contribution in [3.63, 3.8) is 0 Å². The van der Waals surface area contributed by atoms with Gasteiger partial charge in [-0.2, -0.15) is 0 Å². The van der Waals surface area contributed by atoms with E-state index in [9.17, 15) is 4.79 Å². The lowest BCUT2D eigenvalue weighted by atomic mass is 9.74. The van der Waals surface area contributed by atoms with Crippen molar-refractivity contribution < 1.29 is 4.79 Å². The number of nitrogens with two attached hydrogens (primary N) is 1. The third-order valence-electron chi connectivity index (χ3n) is 5.65. The van der Waals surface area contributed by atoms with E-state index in [4.69, 9.17) is 5.73 Å². The first-order valence-electron chi connectivity index (χ1n) is 8.56. The molecule has 3 heteroatoms. The molecule has 122 valence electrons. The first-order chi connectivity index (χ1) is 10.5. The van der Waals surface area contributed by atoms with Crippen LogP contribution in [0, 0.1) is 5.41 Å². The predicted octanol–water partition coefficient (Wildman–Crippen LogP) is 3.33. The van der Waals surface area contributed by atoms with Crippen molar-refractivity contribution in [2.24, 2.45) is 11.1 Å². The summed E-state index contributed by atoms with van der Waals surface area (Å²) in [5.74, 6) is 0.252. The van der Waals surface area contributed by atoms with Crippen LogP contribution in [0.4, 0.5) is 0 Å². The normalized spacial score (nSPS) is 22.6. The summed E-state index contributed by atoms with van der Waals surface area (Å²) in [6, 6.07) is 10.6. The molecule has 0 aliphatic carbocycles. The van der Waals surface area contributed by atoms with Gasteiger partial charge in [0.2, 0.25) is 5.91 Å². The summed E-state index contributed by atoms with van der Waals surface area (Å²) in [7, 11) is 0. The van der Waals surface area contributed by atoms with Crippen molar-refractivity contribution in [2.45, 2.75) is 51.9 Å². The van der Waals surface area contributed by atoms with Crippen LogP contribution in [0.5, 0.6) is 0 Å². The number of carbonyl (C=O) groups is 1. The lowest BCUT2D eigenvalue weighted by Gasteiger charge is -2.44. The zero-order chi connectivity index (χ0) is 16.2. The molecule has 2 N–H and O–H groups in total. The molecule has 1 unspecified atom stereocenters. The lowest BCUT2D eigenvalue weighted by molar-refractivity contribution is -0.144. The predicted molar refractivity (Wildman–Crippen MR) is 91.7 cm³/mol. The Labute approximate surface area is 134 Å². The number of hydrogen-bond donors (Lipinski definition) is 1. The number of rotatable bonds is 5. The van der Waals surface area contributed by atoms with Gasteiger partial charge in [-0.05, 0) is 31.2 Å². The second-order valence-corrected chi connectivity index (χ2v) is 6.95. The molecule has 0 aromatic heterocycles. The molecule has 1 aliphatic rings. The number of benzene rings is 1. The Bertz CT molecular complexity index is 487. The first kappa shape index (κ1) is 17.0. The van der Waals surface area contributed by atoms with Gasteiger partial charge in [0, 0.05) is 25.0 Å². The molecule has 2 rings (SSSR count). The van der Waals surface area contributed by atoms with E-state index in [0.29, 0.717) is 6.54 Å². The second-order valence-electron chi connectivity index (χ2n) is 6.95. The minimum absolute atomic E-state index is 0.0526. The molecule has 0 radical (unpaired) electrons. The summed E-state index contributed by atoms with van der Waals surface area (Å²) < 4.78 is 0. The standard InChI is InChI=1S/C19H30N2O/c1-4-19(5-2,14-20)17(22)21-13-9-12-18(3,15-21)16-10-7-6-8-11-16/h6-8,10-11H,4-5,9,12-15,20H2,1-3H3. The molecular formula is C19H30N2O. The molecule has 1 heterocycles. The average molecular weight is 302 g/mol. The number of nitrogens with zero attached hydrogens (tertiary/aromatic N) is 1. The van der Waals surface area contributed by atoms with Crippen LogP contribution < -0.4 is 5.73 Å². The maximum Gasteiger partial charge on any atom is 0.230 e. The third kappa shape index (κ3) is 3.05. The molecule has 3 nitrogen and oxygen atoms in total. The molecular weight excluding hydrogens is 272 g/mol. The summed E-state index contributed by atoms with van der Waals surface area (Å²) >= 11 is 0. The molecule has 0 saturated carbocycles. The highest BCUT2D eigenvalue weighted by Crippen LogP contribution is 2.36. The largest absolute Gasteiger partial charge is 0.341 e. The molecule has 1 fully saturated rings. The van der Waals surface area contributed by atoms with Crippen LogP contribution in [0.25, 0.3) is 0 Å². The first-order valence-corrected chi connectivity index (χ1v) is 8.56. The minimum Gasteiger partial charge on any atom is -0.341 e. The molecule has 1 aromatic carbocycles. The Morgan fingerprint density at radius 2 is 1.91 bits per heavy atom. The molecule has 0 bridgehead atoms. The fraction of sp³-hybridized carbons (Fsp3) is 0.632. The van der Waals surface area contributed by atoms with E-state index in [0.717, 1.165) is 38.8 Å². The van der Waals surface area contributed by atoms with E-state index in [-0.39, 0.29) is 16.7 Å². The molecule has 1 amide bonds. The van der Waals surface area contributed by atoms with Gasteiger partial charge in [-0.3, -0.25) is 4.79 Å². The SMILES string of the molecule is CCC(CC)(CN)C(=O)N1CCCC(C)(c2ccccc2)C1. The zero-order valence-corrected chi connectivity index (χ0v) is 14.3. The summed E-state index contributed by atoms with van der Waals surface area (Å²) in [4.78, 5) is 15.1. The summed E-state index contributed by atoms with van der Waals surface area (Å²) in [6.07, 6.45) is 3.83. The van der Waals surface area contributed by atoms with E-state index in [1.165, 1.54) is 5.56 Å². The topological polar surface area (TPSA) is 46.3 Å². The Balaban J connectivity index is 2.22. The van der Waals surface area contributed by atoms with Gasteiger partial charge in [-0.1, -0.05) is 51.1 Å². The van der Waals surface area contributed by atoms with Crippen LogP contribution in [0.3, 0.4) is 0 Å². The van der Waals surface area contributed by atoms with Crippen LogP contribution in [0.1, 0.15) is 52.0 Å². The lowest BCUT2D eigenvalue weighted by Crippen LogP contribution is -2.54. The van der Waals surface area contributed by atoms with Crippen LogP contribution in [0.2, 0.25) is 0 Å². The fourth-order valence-electron chi connectivity index (χ4n) is 3.75. The van der Waals surface area contributed by atoms with Gasteiger partial charge in [0.05, 0.1) is 5.41 Å². The monoisotopic (exact) mass is 302 g/mol. The van der Waals surface area contributed by atoms with Crippen molar-refractivity contribution >= 4 is 5.91 Å². The maximum atomic E-state index is 13.1. The van der Waals surface area contributed by atoms with Crippen LogP contribution in [0.15, 0.2) is 30.3 Å². The highest BCUT2D eigenvalue weighted by atomic mass is 16.2. The molecule has 1 atom stereocenters. The quantitative estimate of drug-likeness (QED) is 0.907. The van der Waals surface area contributed by atoms with Gasteiger partial charge in [0.1, 0.15) is 0 Å². The maximum absolute atomic E-state index is 13.1. The number of hydrogen-bond acceptors (Lipinski definition) is 2. The minimum atomic E-state index is -0.380. The van der Waals surface area contributed by atoms with Crippen LogP contribution >= 0.6 is 0 Å². The molecule has 1 aromatic rings. The molecule has 1 saturated heterocycles. The smallest absolute Gasteiger partial charge is 0.230 e. The average Bonchev–Trinajstić information content (AvgIpc) is 2.58. The van der Waals surface area contributed by atoms with E-state index in [2.05, 4.69) is 49.9 Å². The van der Waals surface area contributed by atoms with E-state index in [1.807, 2.05) is 6.07 Å². The highest BCUT2D eigenvalue weighted by Gasteiger charge is 2.41. The van der Waals surface area contributed by atoms with Gasteiger partial charge in [0.15, 0.2) is 0 Å². The van der Waals surface area contributed by atoms with Crippen LogP contribution in [-0.4, -0.2) is 30.4 Å². The Kier molecular flexibility index (Phi) is 5.28. The van der Waals surface area contributed by atoms with E-state index >= 15 is 0 Å². The Hall–Kier alpha value is -1.35. The second kappa shape index (κ2) is 6.82. The highest BCUT2D eigenvalue weighted by molar-refractivity contribution is 5.83. The van der Waals surface area contributed by atoms with E-state index in [1.54, 1.807) is 0 Å². The fourth-order valence-corrected chi connectivity index (χ4v) is 3.75. The van der Waals surface area contributed by atoms with Crippen molar-refractivity contribution in [1.29, 1.82) is 0 Å². The van der Waals surface area contributed by atoms with E-state index < -0.39 is 0 Å². The third-order valence-corrected chi connectivity index (χ3v) is 5.65. The molecule has 22 heavy (non-hydrogen) atoms. The number of amides is 1. The van der Waals surface area contributed by atoms with Crippen molar-refractivity contribution in [1.82, 2.24) is 4.90 Å². The van der Waals surface area contributed by atoms with Gasteiger partial charge in [0.25, 0.3) is 0 Å². The van der Waals surface area contributed by atoms with Crippen molar-refractivity contribution in [3.8, 4) is 0 Å². The van der Waals surface area contributed by atoms with Gasteiger partial charge in [-0.25, -0.2) is 0 Å². The number of carbonyl (C=O) groups excluding carboxylic acids is 1. The van der Waals surface area contributed by atoms with Crippen molar-refractivity contribution in [3.05, 3.63) is 35.9 Å². The summed E-state index contributed by atoms with van der Waals surface area (Å²) in [6.45, 7) is 8.55. The summed E-state index contributed by atoms with van der Waals surface area (Å²) in [5.41, 5.74) is 6.97. The van der Waals surface area contributed by atoms with Crippen molar-refractivity contribution in [2.75, 3.05) is 19.6 Å². The summed E-state index contributed by atoms with van der Waals surface area (Å²) in [5, 5.41) is 0. The van der Waals surface area contributed by atoms with Gasteiger partial charge < -0.3 is 10.6 Å². The number of piperidine rings is 1.